The summed E-state index contributed by atoms with van der Waals surface area (Å²) < 4.78 is 0. The van der Waals surface area contributed by atoms with Gasteiger partial charge in [0.2, 0.25) is 0 Å². The molecule has 1 aromatic heterocycles. The van der Waals surface area contributed by atoms with Crippen LogP contribution in [0.2, 0.25) is 0 Å². The molecule has 18 heavy (non-hydrogen) atoms. The summed E-state index contributed by atoms with van der Waals surface area (Å²) in [6.07, 6.45) is 4.40. The topological polar surface area (TPSA) is 31.4 Å². The van der Waals surface area contributed by atoms with Crippen LogP contribution < -0.4 is 5.32 Å². The average molecular weight is 248 g/mol. The van der Waals surface area contributed by atoms with Crippen molar-refractivity contribution < 1.29 is 0 Å². The molecule has 100 valence electrons. The van der Waals surface area contributed by atoms with Gasteiger partial charge in [-0.05, 0) is 52.2 Å². The Balaban J connectivity index is 1.91. The third-order valence-corrected chi connectivity index (χ3v) is 3.83. The van der Waals surface area contributed by atoms with Gasteiger partial charge in [0.05, 0.1) is 5.69 Å². The Bertz CT molecular complexity index is 372. The first-order valence-electron chi connectivity index (χ1n) is 6.70. The van der Waals surface area contributed by atoms with Crippen molar-refractivity contribution in [3.63, 3.8) is 0 Å². The first-order chi connectivity index (χ1) is 8.69. The van der Waals surface area contributed by atoms with Crippen LogP contribution in [-0.2, 0) is 6.54 Å². The second kappa shape index (κ2) is 6.16. The van der Waals surface area contributed by atoms with Gasteiger partial charge in [0.1, 0.15) is 0 Å². The largest absolute Gasteiger partial charge is 0.388 e. The van der Waals surface area contributed by atoms with E-state index >= 15 is 0 Å². The summed E-state index contributed by atoms with van der Waals surface area (Å²) in [5, 5.41) is 3.16. The van der Waals surface area contributed by atoms with Crippen molar-refractivity contribution in [2.75, 3.05) is 39.5 Å². The van der Waals surface area contributed by atoms with Gasteiger partial charge in [0.15, 0.2) is 0 Å². The lowest BCUT2D eigenvalue weighted by atomic mass is 10.0. The van der Waals surface area contributed by atoms with Crippen LogP contribution in [0.15, 0.2) is 18.3 Å². The monoisotopic (exact) mass is 248 g/mol. The molecule has 2 rings (SSSR count). The van der Waals surface area contributed by atoms with Gasteiger partial charge in [-0.1, -0.05) is 0 Å². The van der Waals surface area contributed by atoms with Crippen LogP contribution in [0.1, 0.15) is 18.5 Å². The zero-order valence-corrected chi connectivity index (χ0v) is 11.7. The molecule has 0 aromatic carbocycles. The van der Waals surface area contributed by atoms with Gasteiger partial charge >= 0.3 is 0 Å². The summed E-state index contributed by atoms with van der Waals surface area (Å²) in [7, 11) is 6.36. The van der Waals surface area contributed by atoms with Crippen LogP contribution in [0, 0.1) is 0 Å². The summed E-state index contributed by atoms with van der Waals surface area (Å²) in [5.74, 6) is 0. The van der Waals surface area contributed by atoms with Gasteiger partial charge in [0, 0.05) is 31.5 Å². The molecule has 0 aliphatic carbocycles. The second-order valence-electron chi connectivity index (χ2n) is 5.24. The lowest BCUT2D eigenvalue weighted by Crippen LogP contribution is -2.41. The van der Waals surface area contributed by atoms with Crippen molar-refractivity contribution in [3.05, 3.63) is 24.0 Å². The molecule has 1 aromatic rings. The van der Waals surface area contributed by atoms with E-state index in [1.807, 2.05) is 19.3 Å². The first-order valence-corrected chi connectivity index (χ1v) is 6.70. The highest BCUT2D eigenvalue weighted by Crippen LogP contribution is 2.17. The van der Waals surface area contributed by atoms with Crippen LogP contribution in [0.4, 0.5) is 5.69 Å². The molecule has 0 atom stereocenters. The van der Waals surface area contributed by atoms with E-state index in [-0.39, 0.29) is 0 Å². The smallest absolute Gasteiger partial charge is 0.0564 e. The molecule has 0 radical (unpaired) electrons. The summed E-state index contributed by atoms with van der Waals surface area (Å²) in [5.41, 5.74) is 2.28. The third kappa shape index (κ3) is 3.43. The van der Waals surface area contributed by atoms with Gasteiger partial charge < -0.3 is 10.2 Å². The Kier molecular flexibility index (Phi) is 4.55. The Labute approximate surface area is 110 Å². The number of nitrogens with zero attached hydrogens (tertiary/aromatic N) is 3. The fourth-order valence-corrected chi connectivity index (χ4v) is 2.54. The third-order valence-electron chi connectivity index (χ3n) is 3.83. The highest BCUT2D eigenvalue weighted by atomic mass is 15.2. The summed E-state index contributed by atoms with van der Waals surface area (Å²) in [6, 6.07) is 4.83. The summed E-state index contributed by atoms with van der Waals surface area (Å²) >= 11 is 0. The van der Waals surface area contributed by atoms with E-state index in [0.29, 0.717) is 6.04 Å². The number of pyridine rings is 1. The summed E-state index contributed by atoms with van der Waals surface area (Å²) in [4.78, 5) is 9.29. The molecular formula is C14H24N4. The lowest BCUT2D eigenvalue weighted by Gasteiger charge is -2.34. The average Bonchev–Trinajstić information content (AvgIpc) is 2.39. The standard InChI is InChI=1S/C14H24N4/c1-15-12-4-7-16-13(10-12)11-18(3)14-5-8-17(2)9-6-14/h4,7,10,14H,5-6,8-9,11H2,1-3H3,(H,15,16). The van der Waals surface area contributed by atoms with Crippen molar-refractivity contribution >= 4 is 5.69 Å². The maximum atomic E-state index is 4.45. The highest BCUT2D eigenvalue weighted by Gasteiger charge is 2.20. The van der Waals surface area contributed by atoms with Gasteiger partial charge in [-0.15, -0.1) is 0 Å². The van der Waals surface area contributed by atoms with E-state index < -0.39 is 0 Å². The Morgan fingerprint density at radius 3 is 2.83 bits per heavy atom. The fraction of sp³-hybridized carbons (Fsp3) is 0.643. The second-order valence-corrected chi connectivity index (χ2v) is 5.24. The van der Waals surface area contributed by atoms with E-state index in [1.54, 1.807) is 0 Å². The fourth-order valence-electron chi connectivity index (χ4n) is 2.54. The molecule has 4 nitrogen and oxygen atoms in total. The zero-order valence-electron chi connectivity index (χ0n) is 11.7. The number of hydrogen-bond acceptors (Lipinski definition) is 4. The predicted molar refractivity (Wildman–Crippen MR) is 75.8 cm³/mol. The van der Waals surface area contributed by atoms with Crippen LogP contribution in [0.5, 0.6) is 0 Å². The van der Waals surface area contributed by atoms with Crippen LogP contribution in [0.25, 0.3) is 0 Å². The van der Waals surface area contributed by atoms with E-state index in [2.05, 4.69) is 40.3 Å². The van der Waals surface area contributed by atoms with E-state index in [9.17, 15) is 0 Å². The van der Waals surface area contributed by atoms with Gasteiger partial charge in [-0.2, -0.15) is 0 Å². The molecule has 0 amide bonds. The highest BCUT2D eigenvalue weighted by molar-refractivity contribution is 5.42. The molecule has 0 saturated carbocycles. The molecule has 4 heteroatoms. The Morgan fingerprint density at radius 2 is 2.17 bits per heavy atom. The number of rotatable bonds is 4. The quantitative estimate of drug-likeness (QED) is 0.878. The number of piperidine rings is 1. The number of aromatic nitrogens is 1. The number of hydrogen-bond donors (Lipinski definition) is 1. The maximum absolute atomic E-state index is 4.45. The molecule has 2 heterocycles. The lowest BCUT2D eigenvalue weighted by molar-refractivity contribution is 0.138. The van der Waals surface area contributed by atoms with Gasteiger partial charge in [-0.3, -0.25) is 9.88 Å². The molecule has 0 unspecified atom stereocenters. The normalized spacial score (nSPS) is 18.2. The Morgan fingerprint density at radius 1 is 1.44 bits per heavy atom. The molecule has 0 bridgehead atoms. The first kappa shape index (κ1) is 13.3. The van der Waals surface area contributed by atoms with Crippen LogP contribution in [0.3, 0.4) is 0 Å². The Hall–Kier alpha value is -1.13. The molecule has 1 aliphatic heterocycles. The van der Waals surface area contributed by atoms with Crippen molar-refractivity contribution in [1.29, 1.82) is 0 Å². The molecule has 0 spiro atoms. The van der Waals surface area contributed by atoms with E-state index in [0.717, 1.165) is 17.9 Å². The number of nitrogens with one attached hydrogen (secondary N) is 1. The number of anilines is 1. The molecule has 1 saturated heterocycles. The molecule has 1 fully saturated rings. The van der Waals surface area contributed by atoms with Crippen molar-refractivity contribution in [3.8, 4) is 0 Å². The zero-order chi connectivity index (χ0) is 13.0. The van der Waals surface area contributed by atoms with Crippen LogP contribution >= 0.6 is 0 Å². The minimum atomic E-state index is 0.696. The van der Waals surface area contributed by atoms with Gasteiger partial charge in [0.25, 0.3) is 0 Å². The van der Waals surface area contributed by atoms with Crippen molar-refractivity contribution in [2.24, 2.45) is 0 Å². The minimum absolute atomic E-state index is 0.696. The SMILES string of the molecule is CNc1ccnc(CN(C)C2CCN(C)CC2)c1. The van der Waals surface area contributed by atoms with Crippen molar-refractivity contribution in [2.45, 2.75) is 25.4 Å². The minimum Gasteiger partial charge on any atom is -0.388 e. The van der Waals surface area contributed by atoms with Crippen LogP contribution in [-0.4, -0.2) is 55.1 Å². The van der Waals surface area contributed by atoms with E-state index in [1.165, 1.54) is 25.9 Å². The van der Waals surface area contributed by atoms with Crippen molar-refractivity contribution in [1.82, 2.24) is 14.8 Å². The maximum Gasteiger partial charge on any atom is 0.0564 e. The number of likely N-dealkylation sites (tertiary alicyclic amines) is 1. The molecule has 1 aliphatic rings. The van der Waals surface area contributed by atoms with E-state index in [4.69, 9.17) is 0 Å². The predicted octanol–water partition coefficient (Wildman–Crippen LogP) is 1.65. The summed E-state index contributed by atoms with van der Waals surface area (Å²) in [6.45, 7) is 3.35. The molecular weight excluding hydrogens is 224 g/mol. The molecule has 1 N–H and O–H groups in total. The van der Waals surface area contributed by atoms with Gasteiger partial charge in [-0.25, -0.2) is 0 Å².